The smallest absolute Gasteiger partial charge is 0.309 e. The lowest BCUT2D eigenvalue weighted by Crippen LogP contribution is -2.38. The van der Waals surface area contributed by atoms with Crippen molar-refractivity contribution >= 4 is 5.97 Å². The highest BCUT2D eigenvalue weighted by atomic mass is 19.1. The Balaban J connectivity index is 2.67. The van der Waals surface area contributed by atoms with Gasteiger partial charge in [-0.2, -0.15) is 0 Å². The molecule has 0 spiro atoms. The van der Waals surface area contributed by atoms with Crippen LogP contribution in [0.25, 0.3) is 0 Å². The van der Waals surface area contributed by atoms with Crippen molar-refractivity contribution in [1.29, 1.82) is 0 Å². The fourth-order valence-electron chi connectivity index (χ4n) is 1.68. The normalized spacial score (nSPS) is 38.5. The summed E-state index contributed by atoms with van der Waals surface area (Å²) in [4.78, 5) is 10.5. The first-order valence-corrected chi connectivity index (χ1v) is 3.96. The summed E-state index contributed by atoms with van der Waals surface area (Å²) in [6.45, 7) is 1.39. The Hall–Kier alpha value is -0.600. The molecule has 64 valence electrons. The maximum atomic E-state index is 13.4. The Morgan fingerprint density at radius 1 is 1.64 bits per heavy atom. The molecule has 1 saturated carbocycles. The third kappa shape index (κ3) is 1.70. The van der Waals surface area contributed by atoms with Crippen LogP contribution in [0.2, 0.25) is 0 Å². The fraction of sp³-hybridized carbons (Fsp3) is 0.875. The van der Waals surface area contributed by atoms with E-state index in [0.717, 1.165) is 12.8 Å². The zero-order valence-corrected chi connectivity index (χ0v) is 6.64. The van der Waals surface area contributed by atoms with Crippen LogP contribution < -0.4 is 0 Å². The minimum Gasteiger partial charge on any atom is -0.481 e. The standard InChI is InChI=1S/C8H13FO2/c1-8(9)5-3-2-4-6(8)7(10)11/h6H,2-5H2,1H3,(H,10,11). The number of carbonyl (C=O) groups is 1. The molecule has 0 amide bonds. The molecule has 0 aromatic heterocycles. The summed E-state index contributed by atoms with van der Waals surface area (Å²) in [6, 6.07) is 0. The molecular formula is C8H13FO2. The largest absolute Gasteiger partial charge is 0.481 e. The van der Waals surface area contributed by atoms with Gasteiger partial charge < -0.3 is 5.11 Å². The minimum absolute atomic E-state index is 0.393. The van der Waals surface area contributed by atoms with Crippen molar-refractivity contribution in [2.24, 2.45) is 5.92 Å². The Morgan fingerprint density at radius 2 is 2.27 bits per heavy atom. The summed E-state index contributed by atoms with van der Waals surface area (Å²) < 4.78 is 13.4. The molecule has 11 heavy (non-hydrogen) atoms. The third-order valence-electron chi connectivity index (χ3n) is 2.43. The first-order chi connectivity index (χ1) is 5.04. The molecule has 0 aliphatic heterocycles. The van der Waals surface area contributed by atoms with E-state index < -0.39 is 17.6 Å². The minimum atomic E-state index is -1.48. The van der Waals surface area contributed by atoms with Gasteiger partial charge in [-0.1, -0.05) is 12.8 Å². The van der Waals surface area contributed by atoms with Crippen molar-refractivity contribution in [1.82, 2.24) is 0 Å². The summed E-state index contributed by atoms with van der Waals surface area (Å²) in [6.07, 6.45) is 2.54. The van der Waals surface area contributed by atoms with Crippen LogP contribution >= 0.6 is 0 Å². The van der Waals surface area contributed by atoms with E-state index in [1.165, 1.54) is 6.92 Å². The van der Waals surface area contributed by atoms with E-state index in [1.807, 2.05) is 0 Å². The molecule has 1 N–H and O–H groups in total. The van der Waals surface area contributed by atoms with Gasteiger partial charge in [0.05, 0.1) is 5.92 Å². The van der Waals surface area contributed by atoms with Crippen molar-refractivity contribution in [2.75, 3.05) is 0 Å². The van der Waals surface area contributed by atoms with Crippen LogP contribution in [0.3, 0.4) is 0 Å². The molecule has 0 bridgehead atoms. The van der Waals surface area contributed by atoms with Crippen molar-refractivity contribution in [2.45, 2.75) is 38.3 Å². The Kier molecular flexibility index (Phi) is 2.16. The number of alkyl halides is 1. The molecule has 0 radical (unpaired) electrons. The summed E-state index contributed by atoms with van der Waals surface area (Å²) in [5.74, 6) is -1.77. The second kappa shape index (κ2) is 2.80. The Morgan fingerprint density at radius 3 is 2.64 bits per heavy atom. The highest BCUT2D eigenvalue weighted by Crippen LogP contribution is 2.36. The van der Waals surface area contributed by atoms with Gasteiger partial charge >= 0.3 is 5.97 Å². The first kappa shape index (κ1) is 8.50. The third-order valence-corrected chi connectivity index (χ3v) is 2.43. The quantitative estimate of drug-likeness (QED) is 0.636. The number of hydrogen-bond donors (Lipinski definition) is 1. The molecule has 2 unspecified atom stereocenters. The SMILES string of the molecule is CC1(F)CCCCC1C(=O)O. The topological polar surface area (TPSA) is 37.3 Å². The molecule has 3 heteroatoms. The second-order valence-corrected chi connectivity index (χ2v) is 3.41. The lowest BCUT2D eigenvalue weighted by Gasteiger charge is -2.31. The van der Waals surface area contributed by atoms with Gasteiger partial charge in [0.2, 0.25) is 0 Å². The molecule has 0 aromatic carbocycles. The number of aliphatic carboxylic acids is 1. The van der Waals surface area contributed by atoms with Crippen LogP contribution in [0.15, 0.2) is 0 Å². The average molecular weight is 160 g/mol. The van der Waals surface area contributed by atoms with Crippen molar-refractivity contribution in [3.63, 3.8) is 0 Å². The summed E-state index contributed by atoms with van der Waals surface area (Å²) >= 11 is 0. The molecule has 2 atom stereocenters. The molecule has 1 fully saturated rings. The van der Waals surface area contributed by atoms with Gasteiger partial charge in [0, 0.05) is 0 Å². The first-order valence-electron chi connectivity index (χ1n) is 3.96. The Labute approximate surface area is 65.4 Å². The maximum absolute atomic E-state index is 13.4. The van der Waals surface area contributed by atoms with E-state index in [9.17, 15) is 9.18 Å². The van der Waals surface area contributed by atoms with Gasteiger partial charge in [0.25, 0.3) is 0 Å². The number of rotatable bonds is 1. The van der Waals surface area contributed by atoms with Crippen LogP contribution in [0.5, 0.6) is 0 Å². The molecule has 1 aliphatic carbocycles. The molecule has 1 aliphatic rings. The van der Waals surface area contributed by atoms with Crippen LogP contribution in [-0.2, 0) is 4.79 Å². The molecule has 1 rings (SSSR count). The summed E-state index contributed by atoms with van der Waals surface area (Å²) in [5.41, 5.74) is -1.48. The van der Waals surface area contributed by atoms with E-state index in [4.69, 9.17) is 5.11 Å². The summed E-state index contributed by atoms with van der Waals surface area (Å²) in [5, 5.41) is 8.63. The summed E-state index contributed by atoms with van der Waals surface area (Å²) in [7, 11) is 0. The van der Waals surface area contributed by atoms with Crippen LogP contribution in [-0.4, -0.2) is 16.7 Å². The highest BCUT2D eigenvalue weighted by Gasteiger charge is 2.41. The molecule has 0 saturated heterocycles. The molecule has 0 aromatic rings. The van der Waals surface area contributed by atoms with Gasteiger partial charge in [-0.3, -0.25) is 4.79 Å². The van der Waals surface area contributed by atoms with Crippen molar-refractivity contribution < 1.29 is 14.3 Å². The van der Waals surface area contributed by atoms with Gasteiger partial charge in [0.15, 0.2) is 0 Å². The van der Waals surface area contributed by atoms with Gasteiger partial charge in [-0.15, -0.1) is 0 Å². The Bertz CT molecular complexity index is 165. The zero-order chi connectivity index (χ0) is 8.48. The number of hydrogen-bond acceptors (Lipinski definition) is 1. The van der Waals surface area contributed by atoms with E-state index >= 15 is 0 Å². The van der Waals surface area contributed by atoms with Gasteiger partial charge in [-0.25, -0.2) is 4.39 Å². The average Bonchev–Trinajstić information content (AvgIpc) is 1.85. The zero-order valence-electron chi connectivity index (χ0n) is 6.64. The molecule has 0 heterocycles. The number of halogens is 1. The lowest BCUT2D eigenvalue weighted by molar-refractivity contribution is -0.149. The van der Waals surface area contributed by atoms with Crippen LogP contribution in [0.1, 0.15) is 32.6 Å². The van der Waals surface area contributed by atoms with E-state index in [0.29, 0.717) is 12.8 Å². The maximum Gasteiger partial charge on any atom is 0.309 e. The van der Waals surface area contributed by atoms with E-state index in [-0.39, 0.29) is 0 Å². The fourth-order valence-corrected chi connectivity index (χ4v) is 1.68. The van der Waals surface area contributed by atoms with Crippen molar-refractivity contribution in [3.05, 3.63) is 0 Å². The number of carboxylic acid groups (broad SMARTS) is 1. The van der Waals surface area contributed by atoms with Crippen LogP contribution in [0, 0.1) is 5.92 Å². The highest BCUT2D eigenvalue weighted by molar-refractivity contribution is 5.71. The monoisotopic (exact) mass is 160 g/mol. The van der Waals surface area contributed by atoms with Crippen molar-refractivity contribution in [3.8, 4) is 0 Å². The predicted molar refractivity (Wildman–Crippen MR) is 39.1 cm³/mol. The molecule has 2 nitrogen and oxygen atoms in total. The van der Waals surface area contributed by atoms with Gasteiger partial charge in [0.1, 0.15) is 5.67 Å². The second-order valence-electron chi connectivity index (χ2n) is 3.41. The van der Waals surface area contributed by atoms with E-state index in [2.05, 4.69) is 0 Å². The van der Waals surface area contributed by atoms with E-state index in [1.54, 1.807) is 0 Å². The van der Waals surface area contributed by atoms with Gasteiger partial charge in [-0.05, 0) is 19.8 Å². The predicted octanol–water partition coefficient (Wildman–Crippen LogP) is 1.99. The molecular weight excluding hydrogens is 147 g/mol. The van der Waals surface area contributed by atoms with Crippen LogP contribution in [0.4, 0.5) is 4.39 Å². The lowest BCUT2D eigenvalue weighted by atomic mass is 9.78. The number of carboxylic acids is 1.